The Balaban J connectivity index is 1.66. The third kappa shape index (κ3) is 5.20. The van der Waals surface area contributed by atoms with E-state index in [9.17, 15) is 13.2 Å². The van der Waals surface area contributed by atoms with Gasteiger partial charge in [-0.15, -0.1) is 11.3 Å². The van der Waals surface area contributed by atoms with Crippen LogP contribution in [0.15, 0.2) is 53.4 Å². The Morgan fingerprint density at radius 1 is 1.21 bits per heavy atom. The smallest absolute Gasteiger partial charge is 0.243 e. The number of likely N-dealkylation sites (N-methyl/N-ethyl adjacent to an activating group) is 1. The Hall–Kier alpha value is -2.29. The number of amides is 1. The second kappa shape index (κ2) is 9.02. The van der Waals surface area contributed by atoms with Crippen LogP contribution in [0.25, 0.3) is 10.2 Å². The van der Waals surface area contributed by atoms with Crippen molar-refractivity contribution in [2.24, 2.45) is 0 Å². The molecule has 0 aliphatic rings. The first-order chi connectivity index (χ1) is 13.8. The van der Waals surface area contributed by atoms with Gasteiger partial charge in [0.2, 0.25) is 15.9 Å². The van der Waals surface area contributed by atoms with Crippen molar-refractivity contribution in [3.8, 4) is 0 Å². The fraction of sp³-hybridized carbons (Fsp3) is 0.333. The summed E-state index contributed by atoms with van der Waals surface area (Å²) in [6, 6.07) is 14.7. The molecule has 1 N–H and O–H groups in total. The third-order valence-electron chi connectivity index (χ3n) is 4.72. The van der Waals surface area contributed by atoms with Crippen LogP contribution < -0.4 is 5.32 Å². The first-order valence-electron chi connectivity index (χ1n) is 9.46. The Morgan fingerprint density at radius 2 is 1.93 bits per heavy atom. The zero-order valence-corrected chi connectivity index (χ0v) is 18.4. The lowest BCUT2D eigenvalue weighted by Crippen LogP contribution is -2.43. The molecule has 1 atom stereocenters. The summed E-state index contributed by atoms with van der Waals surface area (Å²) in [6.45, 7) is 3.66. The normalized spacial score (nSPS) is 13.0. The van der Waals surface area contributed by atoms with Crippen molar-refractivity contribution >= 4 is 37.5 Å². The lowest BCUT2D eigenvalue weighted by molar-refractivity contribution is -0.121. The molecule has 3 rings (SSSR count). The number of aryl methyl sites for hydroxylation is 1. The van der Waals surface area contributed by atoms with Gasteiger partial charge in [0.1, 0.15) is 0 Å². The molecule has 0 spiro atoms. The van der Waals surface area contributed by atoms with Crippen LogP contribution >= 0.6 is 11.3 Å². The molecule has 0 fully saturated rings. The summed E-state index contributed by atoms with van der Waals surface area (Å²) >= 11 is 1.45. The van der Waals surface area contributed by atoms with Crippen molar-refractivity contribution in [1.82, 2.24) is 14.6 Å². The lowest BCUT2D eigenvalue weighted by Gasteiger charge is -2.21. The number of rotatable bonds is 8. The van der Waals surface area contributed by atoms with E-state index in [1.54, 1.807) is 12.1 Å². The molecule has 29 heavy (non-hydrogen) atoms. The number of hydrogen-bond acceptors (Lipinski definition) is 5. The SMILES string of the molecule is CCC(Cc1ccccc1)NC(=O)CN(C)S(=O)(=O)c1ccc2nc(C)sc2c1. The molecular weight excluding hydrogens is 406 g/mol. The van der Waals surface area contributed by atoms with Crippen LogP contribution in [0.4, 0.5) is 0 Å². The summed E-state index contributed by atoms with van der Waals surface area (Å²) in [4.78, 5) is 17.0. The van der Waals surface area contributed by atoms with E-state index >= 15 is 0 Å². The largest absolute Gasteiger partial charge is 0.352 e. The maximum atomic E-state index is 12.9. The highest BCUT2D eigenvalue weighted by atomic mass is 32.2. The predicted molar refractivity (Wildman–Crippen MR) is 117 cm³/mol. The monoisotopic (exact) mass is 431 g/mol. The number of benzene rings is 2. The summed E-state index contributed by atoms with van der Waals surface area (Å²) in [5, 5.41) is 3.83. The average Bonchev–Trinajstić information content (AvgIpc) is 3.07. The first kappa shape index (κ1) is 21.4. The number of hydrogen-bond donors (Lipinski definition) is 1. The van der Waals surface area contributed by atoms with E-state index in [-0.39, 0.29) is 23.4 Å². The van der Waals surface area contributed by atoms with Gasteiger partial charge >= 0.3 is 0 Å². The molecule has 154 valence electrons. The van der Waals surface area contributed by atoms with Crippen LogP contribution in [-0.4, -0.2) is 43.2 Å². The van der Waals surface area contributed by atoms with Gasteiger partial charge in [-0.1, -0.05) is 37.3 Å². The van der Waals surface area contributed by atoms with Crippen LogP contribution in [0.1, 0.15) is 23.9 Å². The standard InChI is InChI=1S/C21H25N3O3S2/c1-4-17(12-16-8-6-5-7-9-16)23-21(25)14-24(3)29(26,27)18-10-11-19-20(13-18)28-15(2)22-19/h5-11,13,17H,4,12,14H2,1-3H3,(H,23,25). The van der Waals surface area contributed by atoms with Crippen molar-refractivity contribution in [2.45, 2.75) is 37.6 Å². The van der Waals surface area contributed by atoms with Gasteiger partial charge in [-0.2, -0.15) is 4.31 Å². The molecule has 0 saturated heterocycles. The lowest BCUT2D eigenvalue weighted by atomic mass is 10.0. The highest BCUT2D eigenvalue weighted by Crippen LogP contribution is 2.25. The predicted octanol–water partition coefficient (Wildman–Crippen LogP) is 3.36. The molecule has 8 heteroatoms. The topological polar surface area (TPSA) is 79.4 Å². The average molecular weight is 432 g/mol. The van der Waals surface area contributed by atoms with Crippen LogP contribution in [0.3, 0.4) is 0 Å². The summed E-state index contributed by atoms with van der Waals surface area (Å²) < 4.78 is 27.7. The highest BCUT2D eigenvalue weighted by Gasteiger charge is 2.24. The zero-order chi connectivity index (χ0) is 21.0. The van der Waals surface area contributed by atoms with Crippen LogP contribution in [0, 0.1) is 6.92 Å². The highest BCUT2D eigenvalue weighted by molar-refractivity contribution is 7.89. The van der Waals surface area contributed by atoms with E-state index in [4.69, 9.17) is 0 Å². The quantitative estimate of drug-likeness (QED) is 0.593. The summed E-state index contributed by atoms with van der Waals surface area (Å²) in [6.07, 6.45) is 1.47. The number of fused-ring (bicyclic) bond motifs is 1. The van der Waals surface area contributed by atoms with E-state index in [0.29, 0.717) is 6.42 Å². The Labute approximate surface area is 175 Å². The molecule has 1 unspecified atom stereocenters. The molecule has 1 amide bonds. The molecule has 2 aromatic carbocycles. The summed E-state index contributed by atoms with van der Waals surface area (Å²) in [7, 11) is -2.34. The molecule has 6 nitrogen and oxygen atoms in total. The maximum absolute atomic E-state index is 12.9. The van der Waals surface area contributed by atoms with Crippen LogP contribution in [0.2, 0.25) is 0 Å². The molecule has 1 heterocycles. The van der Waals surface area contributed by atoms with E-state index < -0.39 is 10.0 Å². The van der Waals surface area contributed by atoms with Gasteiger partial charge < -0.3 is 5.32 Å². The number of carbonyl (C=O) groups excluding carboxylic acids is 1. The molecule has 1 aromatic heterocycles. The molecule has 3 aromatic rings. The van der Waals surface area contributed by atoms with E-state index in [0.717, 1.165) is 31.5 Å². The van der Waals surface area contributed by atoms with E-state index in [2.05, 4.69) is 10.3 Å². The van der Waals surface area contributed by atoms with Gasteiger partial charge in [0.25, 0.3) is 0 Å². The van der Waals surface area contributed by atoms with Crippen molar-refractivity contribution < 1.29 is 13.2 Å². The minimum atomic E-state index is -3.77. The number of aromatic nitrogens is 1. The van der Waals surface area contributed by atoms with Gasteiger partial charge in [-0.05, 0) is 43.5 Å². The van der Waals surface area contributed by atoms with Crippen molar-refractivity contribution in [3.63, 3.8) is 0 Å². The Kier molecular flexibility index (Phi) is 6.66. The molecule has 0 radical (unpaired) electrons. The van der Waals surface area contributed by atoms with Gasteiger partial charge in [-0.25, -0.2) is 13.4 Å². The molecular formula is C21H25N3O3S2. The van der Waals surface area contributed by atoms with E-state index in [1.807, 2.05) is 44.2 Å². The maximum Gasteiger partial charge on any atom is 0.243 e. The fourth-order valence-electron chi connectivity index (χ4n) is 3.12. The molecule has 0 aliphatic carbocycles. The minimum Gasteiger partial charge on any atom is -0.352 e. The minimum absolute atomic E-state index is 0.0440. The van der Waals surface area contributed by atoms with Crippen molar-refractivity contribution in [1.29, 1.82) is 0 Å². The Morgan fingerprint density at radius 3 is 2.62 bits per heavy atom. The zero-order valence-electron chi connectivity index (χ0n) is 16.8. The third-order valence-corrected chi connectivity index (χ3v) is 7.46. The first-order valence-corrected chi connectivity index (χ1v) is 11.7. The second-order valence-electron chi connectivity index (χ2n) is 6.99. The van der Waals surface area contributed by atoms with Gasteiger partial charge in [0.15, 0.2) is 0 Å². The van der Waals surface area contributed by atoms with Crippen molar-refractivity contribution in [2.75, 3.05) is 13.6 Å². The number of carbonyl (C=O) groups is 1. The number of sulfonamides is 1. The summed E-state index contributed by atoms with van der Waals surface area (Å²) in [5.41, 5.74) is 1.91. The van der Waals surface area contributed by atoms with Gasteiger partial charge in [0, 0.05) is 13.1 Å². The van der Waals surface area contributed by atoms with Gasteiger partial charge in [-0.3, -0.25) is 4.79 Å². The molecule has 0 bridgehead atoms. The fourth-order valence-corrected chi connectivity index (χ4v) is 5.21. The Bertz CT molecular complexity index is 1090. The number of nitrogens with zero attached hydrogens (tertiary/aromatic N) is 2. The number of nitrogens with one attached hydrogen (secondary N) is 1. The number of thiazole rings is 1. The summed E-state index contributed by atoms with van der Waals surface area (Å²) in [5.74, 6) is -0.312. The molecule has 0 aliphatic heterocycles. The van der Waals surface area contributed by atoms with Crippen LogP contribution in [0.5, 0.6) is 0 Å². The van der Waals surface area contributed by atoms with Gasteiger partial charge in [0.05, 0.1) is 26.7 Å². The van der Waals surface area contributed by atoms with Crippen LogP contribution in [-0.2, 0) is 21.2 Å². The second-order valence-corrected chi connectivity index (χ2v) is 10.3. The molecule has 0 saturated carbocycles. The van der Waals surface area contributed by atoms with E-state index in [1.165, 1.54) is 24.5 Å². The van der Waals surface area contributed by atoms with Crippen molar-refractivity contribution in [3.05, 3.63) is 59.1 Å².